The lowest BCUT2D eigenvalue weighted by molar-refractivity contribution is 0.413. The third-order valence-electron chi connectivity index (χ3n) is 3.95. The lowest BCUT2D eigenvalue weighted by Gasteiger charge is -2.25. The van der Waals surface area contributed by atoms with Gasteiger partial charge in [0.15, 0.2) is 5.96 Å². The maximum Gasteiger partial charge on any atom is 0.191 e. The van der Waals surface area contributed by atoms with Crippen molar-refractivity contribution in [1.29, 1.82) is 0 Å². The molecule has 0 amide bonds. The first-order valence-corrected chi connectivity index (χ1v) is 7.97. The minimum Gasteiger partial charge on any atom is -0.497 e. The predicted octanol–water partition coefficient (Wildman–Crippen LogP) is 2.69. The van der Waals surface area contributed by atoms with Gasteiger partial charge in [-0.3, -0.25) is 4.99 Å². The number of aryl methyl sites for hydroxylation is 1. The number of hydrogen-bond acceptors (Lipinski definition) is 2. The van der Waals surface area contributed by atoms with Crippen molar-refractivity contribution in [3.8, 4) is 5.75 Å². The third-order valence-corrected chi connectivity index (χ3v) is 3.95. The average molecular weight is 289 g/mol. The fourth-order valence-corrected chi connectivity index (χ4v) is 2.92. The van der Waals surface area contributed by atoms with E-state index >= 15 is 0 Å². The van der Waals surface area contributed by atoms with Gasteiger partial charge < -0.3 is 15.4 Å². The monoisotopic (exact) mass is 289 g/mol. The van der Waals surface area contributed by atoms with Crippen LogP contribution in [-0.4, -0.2) is 32.7 Å². The second-order valence-corrected chi connectivity index (χ2v) is 5.40. The number of nitrogens with one attached hydrogen (secondary N) is 2. The molecule has 0 radical (unpaired) electrons. The van der Waals surface area contributed by atoms with Gasteiger partial charge in [0, 0.05) is 25.6 Å². The van der Waals surface area contributed by atoms with Crippen molar-refractivity contribution in [3.05, 3.63) is 29.3 Å². The molecule has 0 bridgehead atoms. The Kier molecular flexibility index (Phi) is 5.90. The van der Waals surface area contributed by atoms with Crippen molar-refractivity contribution in [2.75, 3.05) is 26.7 Å². The Hall–Kier alpha value is -1.71. The number of hydrogen-bond donors (Lipinski definition) is 2. The molecule has 21 heavy (non-hydrogen) atoms. The Balaban J connectivity index is 2.10. The minimum absolute atomic E-state index is 0.520. The SMILES string of the molecule is CCNC(=NCC1CCCc2cc(OC)ccc21)NCC. The summed E-state index contributed by atoms with van der Waals surface area (Å²) in [7, 11) is 1.73. The molecular weight excluding hydrogens is 262 g/mol. The first kappa shape index (κ1) is 15.7. The third kappa shape index (κ3) is 4.13. The van der Waals surface area contributed by atoms with Gasteiger partial charge in [-0.1, -0.05) is 6.07 Å². The average Bonchev–Trinajstić information content (AvgIpc) is 2.52. The van der Waals surface area contributed by atoms with Crippen molar-refractivity contribution < 1.29 is 4.74 Å². The quantitative estimate of drug-likeness (QED) is 0.647. The molecule has 2 rings (SSSR count). The highest BCUT2D eigenvalue weighted by molar-refractivity contribution is 5.79. The summed E-state index contributed by atoms with van der Waals surface area (Å²) in [5, 5.41) is 6.57. The summed E-state index contributed by atoms with van der Waals surface area (Å²) in [4.78, 5) is 4.73. The van der Waals surface area contributed by atoms with E-state index in [1.54, 1.807) is 7.11 Å². The molecule has 4 nitrogen and oxygen atoms in total. The van der Waals surface area contributed by atoms with Crippen LogP contribution in [0, 0.1) is 0 Å². The maximum absolute atomic E-state index is 5.33. The number of fused-ring (bicyclic) bond motifs is 1. The normalized spacial score (nSPS) is 16.8. The van der Waals surface area contributed by atoms with Crippen LogP contribution in [0.4, 0.5) is 0 Å². The van der Waals surface area contributed by atoms with Crippen LogP contribution in [0.5, 0.6) is 5.75 Å². The van der Waals surface area contributed by atoms with Crippen molar-refractivity contribution in [1.82, 2.24) is 10.6 Å². The molecule has 0 aliphatic heterocycles. The number of nitrogens with zero attached hydrogens (tertiary/aromatic N) is 1. The van der Waals surface area contributed by atoms with E-state index in [1.807, 2.05) is 0 Å². The van der Waals surface area contributed by atoms with Crippen molar-refractivity contribution in [3.63, 3.8) is 0 Å². The second kappa shape index (κ2) is 7.91. The van der Waals surface area contributed by atoms with Gasteiger partial charge in [0.05, 0.1) is 7.11 Å². The van der Waals surface area contributed by atoms with Gasteiger partial charge in [0.25, 0.3) is 0 Å². The predicted molar refractivity (Wildman–Crippen MR) is 88.3 cm³/mol. The Morgan fingerprint density at radius 2 is 2.05 bits per heavy atom. The summed E-state index contributed by atoms with van der Waals surface area (Å²) in [5.74, 6) is 2.39. The molecule has 0 heterocycles. The van der Waals surface area contributed by atoms with E-state index in [4.69, 9.17) is 9.73 Å². The van der Waals surface area contributed by atoms with Crippen LogP contribution in [0.3, 0.4) is 0 Å². The Morgan fingerprint density at radius 1 is 1.29 bits per heavy atom. The van der Waals surface area contributed by atoms with Gasteiger partial charge in [-0.2, -0.15) is 0 Å². The molecular formula is C17H27N3O. The van der Waals surface area contributed by atoms with Crippen molar-refractivity contribution in [2.24, 2.45) is 4.99 Å². The molecule has 0 fully saturated rings. The van der Waals surface area contributed by atoms with Gasteiger partial charge in [-0.15, -0.1) is 0 Å². The topological polar surface area (TPSA) is 45.7 Å². The highest BCUT2D eigenvalue weighted by Gasteiger charge is 2.20. The molecule has 0 aromatic heterocycles. The first-order valence-electron chi connectivity index (χ1n) is 7.97. The summed E-state index contributed by atoms with van der Waals surface area (Å²) < 4.78 is 5.33. The van der Waals surface area contributed by atoms with E-state index in [2.05, 4.69) is 42.7 Å². The van der Waals surface area contributed by atoms with Gasteiger partial charge in [0.2, 0.25) is 0 Å². The lowest BCUT2D eigenvalue weighted by Crippen LogP contribution is -2.37. The van der Waals surface area contributed by atoms with Crippen LogP contribution < -0.4 is 15.4 Å². The standard InChI is InChI=1S/C17H27N3O/c1-4-18-17(19-5-2)20-12-14-8-6-7-13-11-15(21-3)9-10-16(13)14/h9-11,14H,4-8,12H2,1-3H3,(H2,18,19,20). The number of methoxy groups -OCH3 is 1. The van der Waals surface area contributed by atoms with E-state index in [0.717, 1.165) is 37.8 Å². The van der Waals surface area contributed by atoms with Crippen LogP contribution >= 0.6 is 0 Å². The molecule has 0 saturated carbocycles. The molecule has 1 aliphatic rings. The van der Waals surface area contributed by atoms with E-state index in [9.17, 15) is 0 Å². The zero-order chi connectivity index (χ0) is 15.1. The number of benzene rings is 1. The fourth-order valence-electron chi connectivity index (χ4n) is 2.92. The lowest BCUT2D eigenvalue weighted by atomic mass is 9.83. The van der Waals surface area contributed by atoms with Gasteiger partial charge >= 0.3 is 0 Å². The van der Waals surface area contributed by atoms with Gasteiger partial charge in [-0.05, 0) is 56.4 Å². The van der Waals surface area contributed by atoms with Crippen LogP contribution in [0.1, 0.15) is 43.7 Å². The Bertz CT molecular complexity index is 477. The zero-order valence-corrected chi connectivity index (χ0v) is 13.4. The second-order valence-electron chi connectivity index (χ2n) is 5.40. The van der Waals surface area contributed by atoms with E-state index < -0.39 is 0 Å². The highest BCUT2D eigenvalue weighted by atomic mass is 16.5. The summed E-state index contributed by atoms with van der Waals surface area (Å²) in [5.41, 5.74) is 2.87. The molecule has 116 valence electrons. The summed E-state index contributed by atoms with van der Waals surface area (Å²) >= 11 is 0. The van der Waals surface area contributed by atoms with Crippen molar-refractivity contribution >= 4 is 5.96 Å². The van der Waals surface area contributed by atoms with Crippen LogP contribution in [0.25, 0.3) is 0 Å². The molecule has 1 aromatic rings. The molecule has 0 saturated heterocycles. The Labute approximate surface area is 128 Å². The highest BCUT2D eigenvalue weighted by Crippen LogP contribution is 2.33. The number of guanidine groups is 1. The van der Waals surface area contributed by atoms with Gasteiger partial charge in [0.1, 0.15) is 5.75 Å². The molecule has 1 aliphatic carbocycles. The fraction of sp³-hybridized carbons (Fsp3) is 0.588. The summed E-state index contributed by atoms with van der Waals surface area (Å²) in [6.07, 6.45) is 3.60. The largest absolute Gasteiger partial charge is 0.497 e. The number of rotatable bonds is 5. The Morgan fingerprint density at radius 3 is 2.71 bits per heavy atom. The smallest absolute Gasteiger partial charge is 0.191 e. The number of ether oxygens (including phenoxy) is 1. The van der Waals surface area contributed by atoms with E-state index in [0.29, 0.717) is 5.92 Å². The summed E-state index contributed by atoms with van der Waals surface area (Å²) in [6.45, 7) is 6.81. The van der Waals surface area contributed by atoms with Gasteiger partial charge in [-0.25, -0.2) is 0 Å². The van der Waals surface area contributed by atoms with Crippen LogP contribution in [0.2, 0.25) is 0 Å². The maximum atomic E-state index is 5.33. The molecule has 1 aromatic carbocycles. The van der Waals surface area contributed by atoms with E-state index in [1.165, 1.54) is 24.0 Å². The molecule has 0 spiro atoms. The van der Waals surface area contributed by atoms with Crippen LogP contribution in [0.15, 0.2) is 23.2 Å². The minimum atomic E-state index is 0.520. The summed E-state index contributed by atoms with van der Waals surface area (Å²) in [6, 6.07) is 6.46. The van der Waals surface area contributed by atoms with E-state index in [-0.39, 0.29) is 0 Å². The van der Waals surface area contributed by atoms with Crippen LogP contribution in [-0.2, 0) is 6.42 Å². The molecule has 1 unspecified atom stereocenters. The molecule has 1 atom stereocenters. The molecule has 4 heteroatoms. The van der Waals surface area contributed by atoms with Crippen molar-refractivity contribution in [2.45, 2.75) is 39.0 Å². The first-order chi connectivity index (χ1) is 10.3. The zero-order valence-electron chi connectivity index (χ0n) is 13.4. The number of aliphatic imine (C=N–C) groups is 1. The molecule has 2 N–H and O–H groups in total.